The van der Waals surface area contributed by atoms with Crippen LogP contribution in [0.5, 0.6) is 0 Å². The molecule has 0 radical (unpaired) electrons. The van der Waals surface area contributed by atoms with Crippen molar-refractivity contribution in [3.05, 3.63) is 141 Å². The molecule has 0 aromatic heterocycles. The first-order valence-corrected chi connectivity index (χ1v) is 38.2. The highest BCUT2D eigenvalue weighted by atomic mass is 19.2. The van der Waals surface area contributed by atoms with E-state index in [0.29, 0.717) is 22.3 Å². The molecule has 3 aromatic rings. The summed E-state index contributed by atoms with van der Waals surface area (Å²) in [5.74, 6) is 12.1. The summed E-state index contributed by atoms with van der Waals surface area (Å²) in [5, 5.41) is 0. The first-order chi connectivity index (χ1) is 43.3. The lowest BCUT2D eigenvalue weighted by molar-refractivity contribution is 0.308. The average molecular weight is 1340 g/mol. The number of allylic oxidation sites excluding steroid dienone is 6. The van der Waals surface area contributed by atoms with Crippen LogP contribution in [0.3, 0.4) is 0 Å². The standard InChI is InChI=1S/C8H8F2.2C8H9F.5C8H16.3C8H14.3CH4.3H2/c1-5-3-4-6(2)8(10)7(5)9;2*1-6-3-4-7(2)8(9)5-6;8*1-7-3-5-8(2)6-4-7;;;;;;/h3-4H,1-2H3;2*3-5H,1-2H3;5*7-8H,3-6H2,1-2H3;2*3,8H,4-6H2,1-2H3;3,5,7-8H,4,6H2,1-2H3;3*1H4;3*1H. The molecule has 0 N–H and O–H groups in total. The lowest BCUT2D eigenvalue weighted by Gasteiger charge is -2.22. The number of halogens is 4. The molecule has 5 fully saturated rings. The molecule has 5 saturated carbocycles. The Kier molecular flexibility index (Phi) is 55.8. The summed E-state index contributed by atoms with van der Waals surface area (Å²) in [6, 6.07) is 13.6. The third kappa shape index (κ3) is 49.7. The smallest absolute Gasteiger partial charge is 0.161 e. The Morgan fingerprint density at radius 2 is 0.463 bits per heavy atom. The predicted molar refractivity (Wildman–Crippen MR) is 428 cm³/mol. The number of benzene rings is 3. The van der Waals surface area contributed by atoms with Crippen LogP contribution in [0, 0.1) is 148 Å². The largest absolute Gasteiger partial charge is 0.207 e. The number of hydrogen-bond acceptors (Lipinski definition) is 0. The van der Waals surface area contributed by atoms with Gasteiger partial charge in [0.1, 0.15) is 11.6 Å². The predicted octanol–water partition coefficient (Wildman–Crippen LogP) is 32.4. The fourth-order valence-corrected chi connectivity index (χ4v) is 12.6. The SMILES string of the molecule is C.C.C.CC1=CCC(C)CC1.CC1=CCC(C)CC1.CC1C=CC(C)CC1.CC1CCC(C)CC1.CC1CCC(C)CC1.CC1CCC(C)CC1.CC1CCC(C)CC1.CC1CCC(C)CC1.Cc1ccc(C)c(F)c1.Cc1ccc(C)c(F)c1.Cc1ccc(C)c(F)c1F.[HH].[HH].[HH]. The van der Waals surface area contributed by atoms with Gasteiger partial charge in [-0.05, 0) is 235 Å². The van der Waals surface area contributed by atoms with Crippen LogP contribution in [0.1, 0.15) is 351 Å². The van der Waals surface area contributed by atoms with Crippen molar-refractivity contribution >= 4 is 0 Å². The lowest BCUT2D eigenvalue weighted by atomic mass is 9.84. The molecule has 4 unspecified atom stereocenters. The van der Waals surface area contributed by atoms with Crippen molar-refractivity contribution in [1.29, 1.82) is 0 Å². The average Bonchev–Trinajstić information content (AvgIpc) is 0.912. The monoisotopic (exact) mass is 1340 g/mol. The molecular formula is C91H166F4. The van der Waals surface area contributed by atoms with Crippen LogP contribution >= 0.6 is 0 Å². The van der Waals surface area contributed by atoms with Crippen molar-refractivity contribution in [2.45, 2.75) is 354 Å². The van der Waals surface area contributed by atoms with Gasteiger partial charge in [-0.1, -0.05) is 319 Å². The third-order valence-corrected chi connectivity index (χ3v) is 21.3. The molecule has 4 atom stereocenters. The van der Waals surface area contributed by atoms with Crippen molar-refractivity contribution < 1.29 is 21.8 Å². The van der Waals surface area contributed by atoms with E-state index in [0.717, 1.165) is 94.0 Å². The molecule has 0 amide bonds. The third-order valence-electron chi connectivity index (χ3n) is 21.3. The summed E-state index contributed by atoms with van der Waals surface area (Å²) in [5.41, 5.74) is 7.23. The summed E-state index contributed by atoms with van der Waals surface area (Å²) < 4.78 is 50.4. The molecule has 0 nitrogen and oxygen atoms in total. The van der Waals surface area contributed by atoms with Crippen molar-refractivity contribution in [2.75, 3.05) is 0 Å². The van der Waals surface area contributed by atoms with Crippen molar-refractivity contribution in [3.63, 3.8) is 0 Å². The second-order valence-electron chi connectivity index (χ2n) is 32.4. The van der Waals surface area contributed by atoms with E-state index in [1.54, 1.807) is 49.3 Å². The normalized spacial score (nSPS) is 27.8. The molecule has 11 rings (SSSR count). The van der Waals surface area contributed by atoms with Crippen molar-refractivity contribution in [2.24, 2.45) is 82.9 Å². The Bertz CT molecular complexity index is 2140. The number of rotatable bonds is 0. The van der Waals surface area contributed by atoms with Gasteiger partial charge in [0.25, 0.3) is 0 Å². The molecular weight excluding hydrogens is 1170 g/mol. The quantitative estimate of drug-likeness (QED) is 0.155. The van der Waals surface area contributed by atoms with Gasteiger partial charge in [0.2, 0.25) is 0 Å². The minimum absolute atomic E-state index is 0. The molecule has 8 aliphatic rings. The highest BCUT2D eigenvalue weighted by Crippen LogP contribution is 2.31. The Morgan fingerprint density at radius 1 is 0.263 bits per heavy atom. The molecule has 3 aromatic carbocycles. The van der Waals surface area contributed by atoms with E-state index in [9.17, 15) is 17.6 Å². The Hall–Kier alpha value is -3.40. The van der Waals surface area contributed by atoms with E-state index >= 15 is 0 Å². The number of aryl methyl sites for hydroxylation is 6. The van der Waals surface area contributed by atoms with Crippen LogP contribution in [-0.2, 0) is 0 Å². The van der Waals surface area contributed by atoms with E-state index in [1.807, 2.05) is 26.0 Å². The number of hydrogen-bond donors (Lipinski definition) is 0. The second kappa shape index (κ2) is 55.4. The topological polar surface area (TPSA) is 0 Å². The lowest BCUT2D eigenvalue weighted by Crippen LogP contribution is -2.08. The van der Waals surface area contributed by atoms with Crippen LogP contribution in [0.4, 0.5) is 17.6 Å². The van der Waals surface area contributed by atoms with Crippen molar-refractivity contribution in [1.82, 2.24) is 0 Å². The molecule has 0 aliphatic heterocycles. The van der Waals surface area contributed by atoms with Crippen LogP contribution in [0.25, 0.3) is 0 Å². The molecule has 558 valence electrons. The Labute approximate surface area is 596 Å². The van der Waals surface area contributed by atoms with E-state index in [4.69, 9.17) is 0 Å². The summed E-state index contributed by atoms with van der Waals surface area (Å²) >= 11 is 0. The molecule has 0 spiro atoms. The molecule has 0 heterocycles. The van der Waals surface area contributed by atoms with E-state index < -0.39 is 11.6 Å². The zero-order valence-electron chi connectivity index (χ0n) is 64.3. The fourth-order valence-electron chi connectivity index (χ4n) is 12.6. The van der Waals surface area contributed by atoms with Crippen LogP contribution in [0.2, 0.25) is 0 Å². The molecule has 0 bridgehead atoms. The van der Waals surface area contributed by atoms with Crippen LogP contribution in [-0.4, -0.2) is 0 Å². The molecule has 4 heteroatoms. The van der Waals surface area contributed by atoms with Gasteiger partial charge in [0, 0.05) is 4.28 Å². The van der Waals surface area contributed by atoms with Gasteiger partial charge < -0.3 is 0 Å². The summed E-state index contributed by atoms with van der Waals surface area (Å²) in [6.45, 7) is 47.7. The van der Waals surface area contributed by atoms with Crippen LogP contribution < -0.4 is 0 Å². The second-order valence-corrected chi connectivity index (χ2v) is 32.4. The maximum atomic E-state index is 12.6. The highest BCUT2D eigenvalue weighted by Gasteiger charge is 2.17. The molecule has 95 heavy (non-hydrogen) atoms. The minimum Gasteiger partial charge on any atom is -0.207 e. The van der Waals surface area contributed by atoms with Gasteiger partial charge in [-0.2, -0.15) is 0 Å². The first-order valence-electron chi connectivity index (χ1n) is 38.2. The van der Waals surface area contributed by atoms with Gasteiger partial charge in [0.15, 0.2) is 11.6 Å². The summed E-state index contributed by atoms with van der Waals surface area (Å²) in [7, 11) is 0. The Morgan fingerprint density at radius 3 is 0.611 bits per heavy atom. The van der Waals surface area contributed by atoms with Gasteiger partial charge in [-0.25, -0.2) is 17.6 Å². The van der Waals surface area contributed by atoms with Gasteiger partial charge in [-0.3, -0.25) is 0 Å². The van der Waals surface area contributed by atoms with Crippen molar-refractivity contribution in [3.8, 4) is 0 Å². The fraction of sp³-hybridized carbons (Fsp3) is 0.736. The maximum Gasteiger partial charge on any atom is 0.161 e. The molecule has 0 saturated heterocycles. The van der Waals surface area contributed by atoms with E-state index in [-0.39, 0.29) is 38.2 Å². The van der Waals surface area contributed by atoms with Gasteiger partial charge >= 0.3 is 0 Å². The van der Waals surface area contributed by atoms with Gasteiger partial charge in [0.05, 0.1) is 0 Å². The highest BCUT2D eigenvalue weighted by molar-refractivity contribution is 5.24. The molecule has 8 aliphatic carbocycles. The van der Waals surface area contributed by atoms with E-state index in [1.165, 1.54) is 206 Å². The zero-order valence-corrected chi connectivity index (χ0v) is 64.3. The first kappa shape index (κ1) is 95.8. The maximum absolute atomic E-state index is 12.6. The summed E-state index contributed by atoms with van der Waals surface area (Å²) in [4.78, 5) is 0. The minimum atomic E-state index is -0.736. The zero-order chi connectivity index (χ0) is 69.3. The Balaban J connectivity index is -0.000000236. The van der Waals surface area contributed by atoms with E-state index in [2.05, 4.69) is 135 Å². The van der Waals surface area contributed by atoms with Gasteiger partial charge in [-0.15, -0.1) is 0 Å². The van der Waals surface area contributed by atoms with Crippen LogP contribution in [0.15, 0.2) is 84.0 Å². The summed E-state index contributed by atoms with van der Waals surface area (Å²) in [6.07, 6.45) is 49.7.